The van der Waals surface area contributed by atoms with Gasteiger partial charge < -0.3 is 19.5 Å². The Balaban J connectivity index is 1.91. The molecule has 0 aliphatic rings. The van der Waals surface area contributed by atoms with Gasteiger partial charge in [-0.05, 0) is 36.8 Å². The Bertz CT molecular complexity index is 810. The zero-order valence-corrected chi connectivity index (χ0v) is 15.6. The maximum absolute atomic E-state index is 12.8. The van der Waals surface area contributed by atoms with Gasteiger partial charge in [0.2, 0.25) is 0 Å². The quantitative estimate of drug-likeness (QED) is 0.694. The van der Waals surface area contributed by atoms with Crippen LogP contribution < -0.4 is 14.8 Å². The van der Waals surface area contributed by atoms with Gasteiger partial charge in [0, 0.05) is 6.54 Å². The van der Waals surface area contributed by atoms with Gasteiger partial charge in [-0.25, -0.2) is 9.18 Å². The van der Waals surface area contributed by atoms with E-state index in [2.05, 4.69) is 5.32 Å². The summed E-state index contributed by atoms with van der Waals surface area (Å²) in [4.78, 5) is 24.0. The molecule has 2 rings (SSSR count). The normalized spacial score (nSPS) is 10.2. The van der Waals surface area contributed by atoms with Gasteiger partial charge in [-0.1, -0.05) is 23.7 Å². The van der Waals surface area contributed by atoms with Gasteiger partial charge in [-0.3, -0.25) is 4.79 Å². The summed E-state index contributed by atoms with van der Waals surface area (Å²) in [6.45, 7) is 1.91. The van der Waals surface area contributed by atoms with Crippen LogP contribution in [0, 0.1) is 5.82 Å². The number of carbonyl (C=O) groups is 2. The highest BCUT2D eigenvalue weighted by Gasteiger charge is 2.17. The highest BCUT2D eigenvalue weighted by Crippen LogP contribution is 2.36. The van der Waals surface area contributed by atoms with Crippen LogP contribution in [0.5, 0.6) is 11.5 Å². The van der Waals surface area contributed by atoms with Crippen molar-refractivity contribution < 1.29 is 28.2 Å². The van der Waals surface area contributed by atoms with Gasteiger partial charge >= 0.3 is 5.97 Å². The lowest BCUT2D eigenvalue weighted by molar-refractivity contribution is -0.124. The van der Waals surface area contributed by atoms with E-state index in [1.54, 1.807) is 19.1 Å². The molecule has 2 aromatic rings. The van der Waals surface area contributed by atoms with E-state index in [1.807, 2.05) is 0 Å². The predicted octanol–water partition coefficient (Wildman–Crippen LogP) is 3.36. The molecule has 27 heavy (non-hydrogen) atoms. The molecule has 0 saturated carbocycles. The first-order chi connectivity index (χ1) is 12.9. The fourth-order valence-electron chi connectivity index (χ4n) is 2.19. The summed E-state index contributed by atoms with van der Waals surface area (Å²) in [7, 11) is 1.42. The van der Waals surface area contributed by atoms with Gasteiger partial charge in [-0.2, -0.15) is 0 Å². The summed E-state index contributed by atoms with van der Waals surface area (Å²) in [5.74, 6) is -0.956. The van der Waals surface area contributed by atoms with Gasteiger partial charge in [0.25, 0.3) is 5.91 Å². The average molecular weight is 396 g/mol. The first-order valence-corrected chi connectivity index (χ1v) is 8.51. The number of hydrogen-bond acceptors (Lipinski definition) is 5. The molecule has 0 spiro atoms. The Morgan fingerprint density at radius 2 is 1.89 bits per heavy atom. The van der Waals surface area contributed by atoms with Crippen molar-refractivity contribution in [1.82, 2.24) is 5.32 Å². The summed E-state index contributed by atoms with van der Waals surface area (Å²) in [6.07, 6.45) is 0. The highest BCUT2D eigenvalue weighted by molar-refractivity contribution is 6.32. The van der Waals surface area contributed by atoms with Crippen LogP contribution in [0.1, 0.15) is 22.8 Å². The first-order valence-electron chi connectivity index (χ1n) is 8.13. The number of carbonyl (C=O) groups excluding carboxylic acids is 2. The van der Waals surface area contributed by atoms with Crippen LogP contribution in [0.2, 0.25) is 5.02 Å². The molecular weight excluding hydrogens is 377 g/mol. The van der Waals surface area contributed by atoms with Crippen LogP contribution in [-0.4, -0.2) is 32.2 Å². The lowest BCUT2D eigenvalue weighted by atomic mass is 10.2. The van der Waals surface area contributed by atoms with Crippen molar-refractivity contribution in [2.75, 3.05) is 20.3 Å². The van der Waals surface area contributed by atoms with E-state index in [4.69, 9.17) is 25.8 Å². The maximum Gasteiger partial charge on any atom is 0.338 e. The number of nitrogens with one attached hydrogen (secondary N) is 1. The van der Waals surface area contributed by atoms with Crippen LogP contribution in [0.3, 0.4) is 0 Å². The van der Waals surface area contributed by atoms with Crippen LogP contribution in [-0.2, 0) is 16.1 Å². The second-order valence-electron chi connectivity index (χ2n) is 5.40. The van der Waals surface area contributed by atoms with Crippen molar-refractivity contribution >= 4 is 23.5 Å². The molecule has 0 heterocycles. The average Bonchev–Trinajstić information content (AvgIpc) is 2.67. The van der Waals surface area contributed by atoms with Gasteiger partial charge in [0.15, 0.2) is 18.1 Å². The zero-order chi connectivity index (χ0) is 19.8. The SMILES string of the molecule is CCOc1c(Cl)cc(C(=O)OCC(=O)NCc2ccc(F)cc2)cc1OC. The van der Waals surface area contributed by atoms with Gasteiger partial charge in [0.05, 0.1) is 24.3 Å². The van der Waals surface area contributed by atoms with Crippen molar-refractivity contribution in [3.8, 4) is 11.5 Å². The van der Waals surface area contributed by atoms with Crippen molar-refractivity contribution in [2.45, 2.75) is 13.5 Å². The third-order valence-electron chi connectivity index (χ3n) is 3.49. The lowest BCUT2D eigenvalue weighted by Gasteiger charge is -2.13. The van der Waals surface area contributed by atoms with Gasteiger partial charge in [-0.15, -0.1) is 0 Å². The number of hydrogen-bond donors (Lipinski definition) is 1. The molecule has 0 aromatic heterocycles. The Morgan fingerprint density at radius 3 is 2.52 bits per heavy atom. The third-order valence-corrected chi connectivity index (χ3v) is 3.77. The molecule has 2 aromatic carbocycles. The summed E-state index contributed by atoms with van der Waals surface area (Å²) in [5.41, 5.74) is 0.853. The van der Waals surface area contributed by atoms with E-state index in [9.17, 15) is 14.0 Å². The third kappa shape index (κ3) is 5.86. The number of ether oxygens (including phenoxy) is 3. The molecule has 0 radical (unpaired) electrons. The smallest absolute Gasteiger partial charge is 0.338 e. The van der Waals surface area contributed by atoms with E-state index in [1.165, 1.54) is 31.4 Å². The zero-order valence-electron chi connectivity index (χ0n) is 14.9. The molecule has 0 saturated heterocycles. The summed E-state index contributed by atoms with van der Waals surface area (Å²) in [6, 6.07) is 8.50. The number of benzene rings is 2. The van der Waals surface area contributed by atoms with Crippen LogP contribution >= 0.6 is 11.6 Å². The first kappa shape index (κ1) is 20.5. The van der Waals surface area contributed by atoms with Crippen molar-refractivity contribution in [3.63, 3.8) is 0 Å². The Morgan fingerprint density at radius 1 is 1.19 bits per heavy atom. The fraction of sp³-hybridized carbons (Fsp3) is 0.263. The van der Waals surface area contributed by atoms with E-state index >= 15 is 0 Å². The van der Waals surface area contributed by atoms with Crippen molar-refractivity contribution in [1.29, 1.82) is 0 Å². The van der Waals surface area contributed by atoms with E-state index in [-0.39, 0.29) is 28.7 Å². The Labute approximate surface area is 161 Å². The fourth-order valence-corrected chi connectivity index (χ4v) is 2.46. The molecule has 6 nitrogen and oxygen atoms in total. The van der Waals surface area contributed by atoms with Crippen LogP contribution in [0.4, 0.5) is 4.39 Å². The summed E-state index contributed by atoms with van der Waals surface area (Å²) >= 11 is 6.11. The lowest BCUT2D eigenvalue weighted by Crippen LogP contribution is -2.28. The molecule has 0 fully saturated rings. The second kappa shape index (κ2) is 9.78. The standard InChI is InChI=1S/C19H19ClFNO5/c1-3-26-18-15(20)8-13(9-16(18)25-2)19(24)27-11-17(23)22-10-12-4-6-14(21)7-5-12/h4-9H,3,10-11H2,1-2H3,(H,22,23). The highest BCUT2D eigenvalue weighted by atomic mass is 35.5. The van der Waals surface area contributed by atoms with E-state index < -0.39 is 18.5 Å². The molecule has 1 amide bonds. The van der Waals surface area contributed by atoms with Gasteiger partial charge in [0.1, 0.15) is 5.82 Å². The minimum atomic E-state index is -0.727. The Hall–Kier alpha value is -2.80. The van der Waals surface area contributed by atoms with Crippen molar-refractivity contribution in [3.05, 3.63) is 58.4 Å². The molecular formula is C19H19ClFNO5. The van der Waals surface area contributed by atoms with E-state index in [0.717, 1.165) is 5.56 Å². The van der Waals surface area contributed by atoms with E-state index in [0.29, 0.717) is 12.4 Å². The monoisotopic (exact) mass is 395 g/mol. The number of halogens is 2. The largest absolute Gasteiger partial charge is 0.493 e. The Kier molecular flexibility index (Phi) is 7.43. The van der Waals surface area contributed by atoms with Crippen molar-refractivity contribution in [2.24, 2.45) is 0 Å². The molecule has 144 valence electrons. The number of esters is 1. The summed E-state index contributed by atoms with van der Waals surface area (Å²) < 4.78 is 28.4. The molecule has 8 heteroatoms. The minimum Gasteiger partial charge on any atom is -0.493 e. The maximum atomic E-state index is 12.8. The van der Waals surface area contributed by atoms with Crippen LogP contribution in [0.15, 0.2) is 36.4 Å². The number of rotatable bonds is 8. The second-order valence-corrected chi connectivity index (χ2v) is 5.81. The predicted molar refractivity (Wildman–Crippen MR) is 97.7 cm³/mol. The molecule has 0 unspecified atom stereocenters. The molecule has 0 bridgehead atoms. The topological polar surface area (TPSA) is 73.9 Å². The molecule has 0 aliphatic heterocycles. The summed E-state index contributed by atoms with van der Waals surface area (Å²) in [5, 5.41) is 2.77. The number of amides is 1. The number of methoxy groups -OCH3 is 1. The van der Waals surface area contributed by atoms with Crippen LogP contribution in [0.25, 0.3) is 0 Å². The molecule has 1 N–H and O–H groups in total. The minimum absolute atomic E-state index is 0.131. The molecule has 0 aliphatic carbocycles. The molecule has 0 atom stereocenters.